The van der Waals surface area contributed by atoms with Crippen LogP contribution in [-0.4, -0.2) is 15.4 Å². The van der Waals surface area contributed by atoms with Crippen LogP contribution in [0.4, 0.5) is 5.69 Å². The molecule has 0 bridgehead atoms. The molecule has 0 amide bonds. The second kappa shape index (κ2) is 5.39. The average molecular weight is 302 g/mol. The number of aromatic nitrogens is 2. The van der Waals surface area contributed by atoms with Crippen LogP contribution < -0.4 is 5.32 Å². The highest BCUT2D eigenvalue weighted by Gasteiger charge is 2.17. The second-order valence-corrected chi connectivity index (χ2v) is 5.79. The molecule has 114 valence electrons. The Morgan fingerprint density at radius 1 is 1.35 bits per heavy atom. The van der Waals surface area contributed by atoms with Gasteiger partial charge in [0.15, 0.2) is 5.84 Å². The van der Waals surface area contributed by atoms with Gasteiger partial charge in [0, 0.05) is 41.1 Å². The SMILES string of the molecule is C=CCn1cc(C)c2cc(NC3=NCc4cccnc43)ccc21. The summed E-state index contributed by atoms with van der Waals surface area (Å²) in [5.74, 6) is 0.850. The Bertz CT molecular complexity index is 934. The number of anilines is 1. The number of fused-ring (bicyclic) bond motifs is 2. The maximum absolute atomic E-state index is 4.56. The third kappa shape index (κ3) is 2.32. The lowest BCUT2D eigenvalue weighted by atomic mass is 10.1. The Labute approximate surface area is 135 Å². The number of aliphatic imine (C=N–C) groups is 1. The van der Waals surface area contributed by atoms with Crippen molar-refractivity contribution in [3.05, 3.63) is 72.2 Å². The monoisotopic (exact) mass is 302 g/mol. The van der Waals surface area contributed by atoms with Crippen molar-refractivity contribution in [3.63, 3.8) is 0 Å². The number of nitrogens with one attached hydrogen (secondary N) is 1. The molecule has 1 aliphatic heterocycles. The summed E-state index contributed by atoms with van der Waals surface area (Å²) in [4.78, 5) is 9.00. The molecule has 1 aliphatic rings. The first-order chi connectivity index (χ1) is 11.3. The van der Waals surface area contributed by atoms with E-state index in [0.717, 1.165) is 23.8 Å². The highest BCUT2D eigenvalue weighted by Crippen LogP contribution is 2.26. The molecule has 0 atom stereocenters. The Kier molecular flexibility index (Phi) is 3.23. The summed E-state index contributed by atoms with van der Waals surface area (Å²) in [5, 5.41) is 4.66. The van der Waals surface area contributed by atoms with E-state index < -0.39 is 0 Å². The molecular formula is C19H18N4. The van der Waals surface area contributed by atoms with E-state index in [2.05, 4.69) is 63.8 Å². The lowest BCUT2D eigenvalue weighted by molar-refractivity contribution is 0.862. The van der Waals surface area contributed by atoms with E-state index in [0.29, 0.717) is 6.54 Å². The van der Waals surface area contributed by atoms with Gasteiger partial charge in [-0.2, -0.15) is 0 Å². The van der Waals surface area contributed by atoms with Gasteiger partial charge in [0.25, 0.3) is 0 Å². The molecular weight excluding hydrogens is 284 g/mol. The van der Waals surface area contributed by atoms with Crippen molar-refractivity contribution in [1.29, 1.82) is 0 Å². The Morgan fingerprint density at radius 2 is 2.26 bits per heavy atom. The molecule has 3 heterocycles. The van der Waals surface area contributed by atoms with E-state index in [9.17, 15) is 0 Å². The summed E-state index contributed by atoms with van der Waals surface area (Å²) in [6.45, 7) is 7.48. The summed E-state index contributed by atoms with van der Waals surface area (Å²) in [7, 11) is 0. The predicted octanol–water partition coefficient (Wildman–Crippen LogP) is 3.90. The number of allylic oxidation sites excluding steroid dienone is 1. The quantitative estimate of drug-likeness (QED) is 0.746. The molecule has 4 rings (SSSR count). The van der Waals surface area contributed by atoms with Crippen molar-refractivity contribution < 1.29 is 0 Å². The predicted molar refractivity (Wildman–Crippen MR) is 95.0 cm³/mol. The minimum atomic E-state index is 0.697. The third-order valence-corrected chi connectivity index (χ3v) is 4.19. The number of nitrogens with zero attached hydrogens (tertiary/aromatic N) is 3. The van der Waals surface area contributed by atoms with Crippen LogP contribution in [0.25, 0.3) is 10.9 Å². The van der Waals surface area contributed by atoms with Crippen molar-refractivity contribution in [2.24, 2.45) is 4.99 Å². The minimum absolute atomic E-state index is 0.697. The fraction of sp³-hybridized carbons (Fsp3) is 0.158. The number of hydrogen-bond acceptors (Lipinski definition) is 3. The number of hydrogen-bond donors (Lipinski definition) is 1. The lowest BCUT2D eigenvalue weighted by Crippen LogP contribution is -2.13. The summed E-state index contributed by atoms with van der Waals surface area (Å²) in [6.07, 6.45) is 5.89. The smallest absolute Gasteiger partial charge is 0.152 e. The molecule has 3 aromatic rings. The minimum Gasteiger partial charge on any atom is -0.343 e. The van der Waals surface area contributed by atoms with E-state index in [1.54, 1.807) is 0 Å². The van der Waals surface area contributed by atoms with Crippen molar-refractivity contribution in [3.8, 4) is 0 Å². The van der Waals surface area contributed by atoms with Gasteiger partial charge in [0.2, 0.25) is 0 Å². The first kappa shape index (κ1) is 13.8. The topological polar surface area (TPSA) is 42.2 Å². The Hall–Kier alpha value is -2.88. The zero-order chi connectivity index (χ0) is 15.8. The van der Waals surface area contributed by atoms with Gasteiger partial charge in [0.05, 0.1) is 6.54 Å². The van der Waals surface area contributed by atoms with Crippen molar-refractivity contribution in [2.75, 3.05) is 5.32 Å². The molecule has 1 N–H and O–H groups in total. The Morgan fingerprint density at radius 3 is 3.13 bits per heavy atom. The summed E-state index contributed by atoms with van der Waals surface area (Å²) < 4.78 is 2.21. The molecule has 1 aromatic carbocycles. The molecule has 0 saturated carbocycles. The number of benzene rings is 1. The van der Waals surface area contributed by atoms with E-state index in [-0.39, 0.29) is 0 Å². The average Bonchev–Trinajstić information content (AvgIpc) is 3.10. The first-order valence-corrected chi connectivity index (χ1v) is 7.72. The Balaban J connectivity index is 1.68. The maximum Gasteiger partial charge on any atom is 0.152 e. The number of pyridine rings is 1. The molecule has 4 heteroatoms. The van der Waals surface area contributed by atoms with Gasteiger partial charge in [-0.1, -0.05) is 12.1 Å². The fourth-order valence-corrected chi connectivity index (χ4v) is 3.10. The lowest BCUT2D eigenvalue weighted by Gasteiger charge is -2.08. The molecule has 2 aromatic heterocycles. The molecule has 0 fully saturated rings. The maximum atomic E-state index is 4.56. The van der Waals surface area contributed by atoms with Crippen molar-refractivity contribution in [2.45, 2.75) is 20.0 Å². The van der Waals surface area contributed by atoms with Crippen LogP contribution in [0.5, 0.6) is 0 Å². The molecule has 4 nitrogen and oxygen atoms in total. The molecule has 0 spiro atoms. The number of amidine groups is 1. The van der Waals surface area contributed by atoms with Gasteiger partial charge in [0.1, 0.15) is 5.69 Å². The van der Waals surface area contributed by atoms with Gasteiger partial charge >= 0.3 is 0 Å². The molecule has 0 radical (unpaired) electrons. The molecule has 0 unspecified atom stereocenters. The van der Waals surface area contributed by atoms with Crippen molar-refractivity contribution in [1.82, 2.24) is 9.55 Å². The van der Waals surface area contributed by atoms with Crippen LogP contribution in [0.3, 0.4) is 0 Å². The van der Waals surface area contributed by atoms with Crippen LogP contribution in [0.1, 0.15) is 16.8 Å². The standard InChI is InChI=1S/C19H18N4/c1-3-9-23-12-13(2)16-10-15(6-7-17(16)23)22-19-18-14(11-21-19)5-4-8-20-18/h3-8,10,12H,1,9,11H2,2H3,(H,21,22). The first-order valence-electron chi connectivity index (χ1n) is 7.72. The number of rotatable bonds is 3. The van der Waals surface area contributed by atoms with Crippen LogP contribution in [0.15, 0.2) is 60.4 Å². The number of aryl methyl sites for hydroxylation is 1. The largest absolute Gasteiger partial charge is 0.343 e. The van der Waals surface area contributed by atoms with E-state index in [4.69, 9.17) is 0 Å². The second-order valence-electron chi connectivity index (χ2n) is 5.79. The van der Waals surface area contributed by atoms with Crippen LogP contribution >= 0.6 is 0 Å². The fourth-order valence-electron chi connectivity index (χ4n) is 3.10. The van der Waals surface area contributed by atoms with Gasteiger partial charge in [-0.15, -0.1) is 6.58 Å². The van der Waals surface area contributed by atoms with E-state index in [1.807, 2.05) is 18.3 Å². The third-order valence-electron chi connectivity index (χ3n) is 4.19. The normalized spacial score (nSPS) is 13.0. The van der Waals surface area contributed by atoms with Gasteiger partial charge in [-0.05, 0) is 36.8 Å². The van der Waals surface area contributed by atoms with Crippen LogP contribution in [0, 0.1) is 6.92 Å². The molecule has 0 aliphatic carbocycles. The van der Waals surface area contributed by atoms with Crippen molar-refractivity contribution >= 4 is 22.4 Å². The van der Waals surface area contributed by atoms with Gasteiger partial charge < -0.3 is 9.88 Å². The summed E-state index contributed by atoms with van der Waals surface area (Å²) in [6, 6.07) is 10.4. The van der Waals surface area contributed by atoms with E-state index >= 15 is 0 Å². The highest BCUT2D eigenvalue weighted by atomic mass is 15.0. The van der Waals surface area contributed by atoms with Crippen LogP contribution in [0.2, 0.25) is 0 Å². The highest BCUT2D eigenvalue weighted by molar-refractivity contribution is 6.10. The zero-order valence-electron chi connectivity index (χ0n) is 13.1. The zero-order valence-corrected chi connectivity index (χ0v) is 13.1. The van der Waals surface area contributed by atoms with E-state index in [1.165, 1.54) is 22.0 Å². The molecule has 0 saturated heterocycles. The van der Waals surface area contributed by atoms with Gasteiger partial charge in [-0.25, -0.2) is 0 Å². The van der Waals surface area contributed by atoms with Crippen LogP contribution in [-0.2, 0) is 13.1 Å². The summed E-state index contributed by atoms with van der Waals surface area (Å²) in [5.41, 5.74) is 5.64. The summed E-state index contributed by atoms with van der Waals surface area (Å²) >= 11 is 0. The molecule has 23 heavy (non-hydrogen) atoms. The van der Waals surface area contributed by atoms with Gasteiger partial charge in [-0.3, -0.25) is 9.98 Å².